The van der Waals surface area contributed by atoms with Gasteiger partial charge in [-0.15, -0.1) is 0 Å². The van der Waals surface area contributed by atoms with E-state index in [1.165, 1.54) is 11.6 Å². The lowest BCUT2D eigenvalue weighted by Crippen LogP contribution is -2.39. The molecule has 0 atom stereocenters. The van der Waals surface area contributed by atoms with Crippen molar-refractivity contribution in [1.82, 2.24) is 4.90 Å². The number of hydrogen-bond acceptors (Lipinski definition) is 3. The highest BCUT2D eigenvalue weighted by Crippen LogP contribution is 2.23. The summed E-state index contributed by atoms with van der Waals surface area (Å²) in [5.74, 6) is 0.538. The molecule has 4 heteroatoms. The van der Waals surface area contributed by atoms with Crippen LogP contribution in [0, 0.1) is 12.8 Å². The number of nitrogens with zero attached hydrogens (tertiary/aromatic N) is 1. The Morgan fingerprint density at radius 1 is 1.07 bits per heavy atom. The summed E-state index contributed by atoms with van der Waals surface area (Å²) in [4.78, 5) is 27.0. The summed E-state index contributed by atoms with van der Waals surface area (Å²) in [6.07, 6.45) is 2.99. The molecule has 4 rings (SSSR count). The fraction of sp³-hybridized carbons (Fsp3) is 0.304. The van der Waals surface area contributed by atoms with Crippen LogP contribution in [0.5, 0.6) is 0 Å². The topological polar surface area (TPSA) is 50.5 Å². The fourth-order valence-corrected chi connectivity index (χ4v) is 3.81. The quantitative estimate of drug-likeness (QED) is 0.703. The van der Waals surface area contributed by atoms with Crippen LogP contribution in [0.3, 0.4) is 0 Å². The first-order valence-electron chi connectivity index (χ1n) is 9.48. The highest BCUT2D eigenvalue weighted by Gasteiger charge is 2.25. The molecule has 1 fully saturated rings. The van der Waals surface area contributed by atoms with Crippen LogP contribution in [0.2, 0.25) is 0 Å². The minimum absolute atomic E-state index is 0.139. The van der Waals surface area contributed by atoms with E-state index in [0.29, 0.717) is 30.0 Å². The molecule has 3 aromatic rings. The molecule has 1 aliphatic heterocycles. The van der Waals surface area contributed by atoms with Gasteiger partial charge in [0.2, 0.25) is 0 Å². The van der Waals surface area contributed by atoms with Crippen LogP contribution in [0.25, 0.3) is 11.0 Å². The summed E-state index contributed by atoms with van der Waals surface area (Å²) < 4.78 is 5.77. The van der Waals surface area contributed by atoms with Gasteiger partial charge in [-0.2, -0.15) is 0 Å². The molecule has 1 saturated heterocycles. The zero-order valence-electron chi connectivity index (χ0n) is 15.5. The molecule has 4 nitrogen and oxygen atoms in total. The van der Waals surface area contributed by atoms with Gasteiger partial charge in [-0.3, -0.25) is 9.59 Å². The SMILES string of the molecule is Cc1ccc2c(=O)cc(C(=O)N3CCC(Cc4ccccc4)CC3)oc2c1. The van der Waals surface area contributed by atoms with Crippen molar-refractivity contribution in [3.63, 3.8) is 0 Å². The maximum absolute atomic E-state index is 12.8. The zero-order chi connectivity index (χ0) is 18.8. The number of likely N-dealkylation sites (tertiary alicyclic amines) is 1. The van der Waals surface area contributed by atoms with Crippen LogP contribution in [0.1, 0.15) is 34.5 Å². The third kappa shape index (κ3) is 3.80. The number of carbonyl (C=O) groups excluding carboxylic acids is 1. The highest BCUT2D eigenvalue weighted by molar-refractivity contribution is 5.93. The van der Waals surface area contributed by atoms with Crippen molar-refractivity contribution in [3.05, 3.63) is 81.7 Å². The van der Waals surface area contributed by atoms with E-state index in [4.69, 9.17) is 4.42 Å². The molecule has 0 N–H and O–H groups in total. The summed E-state index contributed by atoms with van der Waals surface area (Å²) in [5, 5.41) is 0.513. The van der Waals surface area contributed by atoms with Crippen molar-refractivity contribution in [3.8, 4) is 0 Å². The second kappa shape index (κ2) is 7.39. The van der Waals surface area contributed by atoms with E-state index in [-0.39, 0.29) is 17.1 Å². The first-order chi connectivity index (χ1) is 13.1. The van der Waals surface area contributed by atoms with Gasteiger partial charge in [0.25, 0.3) is 5.91 Å². The number of aryl methyl sites for hydroxylation is 1. The largest absolute Gasteiger partial charge is 0.451 e. The predicted molar refractivity (Wildman–Crippen MR) is 106 cm³/mol. The van der Waals surface area contributed by atoms with E-state index in [0.717, 1.165) is 24.8 Å². The predicted octanol–water partition coefficient (Wildman–Crippen LogP) is 4.20. The number of amides is 1. The molecule has 0 saturated carbocycles. The average Bonchev–Trinajstić information content (AvgIpc) is 2.68. The number of benzene rings is 2. The van der Waals surface area contributed by atoms with E-state index < -0.39 is 0 Å². The molecule has 0 radical (unpaired) electrons. The number of carbonyl (C=O) groups is 1. The monoisotopic (exact) mass is 361 g/mol. The van der Waals surface area contributed by atoms with E-state index >= 15 is 0 Å². The Labute approximate surface area is 158 Å². The third-order valence-electron chi connectivity index (χ3n) is 5.36. The second-order valence-electron chi connectivity index (χ2n) is 7.40. The van der Waals surface area contributed by atoms with Crippen LogP contribution >= 0.6 is 0 Å². The minimum Gasteiger partial charge on any atom is -0.451 e. The Bertz CT molecular complexity index is 1010. The molecule has 0 aliphatic carbocycles. The maximum atomic E-state index is 12.8. The molecule has 2 heterocycles. The van der Waals surface area contributed by atoms with Crippen molar-refractivity contribution in [2.24, 2.45) is 5.92 Å². The van der Waals surface area contributed by atoms with Gasteiger partial charge in [-0.05, 0) is 55.4 Å². The molecular weight excluding hydrogens is 338 g/mol. The molecular formula is C23H23NO3. The van der Waals surface area contributed by atoms with Crippen molar-refractivity contribution in [2.45, 2.75) is 26.2 Å². The molecule has 0 spiro atoms. The van der Waals surface area contributed by atoms with Crippen molar-refractivity contribution in [2.75, 3.05) is 13.1 Å². The van der Waals surface area contributed by atoms with Crippen LogP contribution in [-0.4, -0.2) is 23.9 Å². The number of rotatable bonds is 3. The fourth-order valence-electron chi connectivity index (χ4n) is 3.81. The van der Waals surface area contributed by atoms with E-state index in [9.17, 15) is 9.59 Å². The van der Waals surface area contributed by atoms with Crippen LogP contribution in [0.15, 0.2) is 63.8 Å². The molecule has 1 aromatic heterocycles. The molecule has 1 amide bonds. The molecule has 0 bridgehead atoms. The van der Waals surface area contributed by atoms with Gasteiger partial charge in [0, 0.05) is 19.2 Å². The Kier molecular flexibility index (Phi) is 4.80. The Balaban J connectivity index is 1.46. The van der Waals surface area contributed by atoms with Crippen LogP contribution in [0.4, 0.5) is 0 Å². The minimum atomic E-state index is -0.186. The van der Waals surface area contributed by atoms with Crippen molar-refractivity contribution < 1.29 is 9.21 Å². The highest BCUT2D eigenvalue weighted by atomic mass is 16.3. The molecule has 1 aliphatic rings. The van der Waals surface area contributed by atoms with Gasteiger partial charge in [0.05, 0.1) is 5.39 Å². The lowest BCUT2D eigenvalue weighted by atomic mass is 9.90. The van der Waals surface area contributed by atoms with Gasteiger partial charge < -0.3 is 9.32 Å². The number of hydrogen-bond donors (Lipinski definition) is 0. The summed E-state index contributed by atoms with van der Waals surface area (Å²) in [6, 6.07) is 17.2. The summed E-state index contributed by atoms with van der Waals surface area (Å²) in [7, 11) is 0. The van der Waals surface area contributed by atoms with Gasteiger partial charge in [0.15, 0.2) is 11.2 Å². The lowest BCUT2D eigenvalue weighted by Gasteiger charge is -2.31. The normalized spacial score (nSPS) is 15.2. The van der Waals surface area contributed by atoms with Crippen LogP contribution < -0.4 is 5.43 Å². The average molecular weight is 361 g/mol. The van der Waals surface area contributed by atoms with Gasteiger partial charge in [-0.1, -0.05) is 36.4 Å². The van der Waals surface area contributed by atoms with Gasteiger partial charge in [-0.25, -0.2) is 0 Å². The second-order valence-corrected chi connectivity index (χ2v) is 7.40. The first-order valence-corrected chi connectivity index (χ1v) is 9.48. The summed E-state index contributed by atoms with van der Waals surface area (Å²) in [6.45, 7) is 3.34. The Morgan fingerprint density at radius 3 is 2.56 bits per heavy atom. The van der Waals surface area contributed by atoms with Crippen LogP contribution in [-0.2, 0) is 6.42 Å². The standard InChI is InChI=1S/C23H23NO3/c1-16-7-8-19-20(25)15-22(27-21(19)13-16)23(26)24-11-9-18(10-12-24)14-17-5-3-2-4-6-17/h2-8,13,15,18H,9-12,14H2,1H3. The molecule has 138 valence electrons. The van der Waals surface area contributed by atoms with Crippen molar-refractivity contribution >= 4 is 16.9 Å². The Morgan fingerprint density at radius 2 is 1.81 bits per heavy atom. The third-order valence-corrected chi connectivity index (χ3v) is 5.36. The zero-order valence-corrected chi connectivity index (χ0v) is 15.5. The van der Waals surface area contributed by atoms with Gasteiger partial charge in [0.1, 0.15) is 5.58 Å². The van der Waals surface area contributed by atoms with Gasteiger partial charge >= 0.3 is 0 Å². The Hall–Kier alpha value is -2.88. The van der Waals surface area contributed by atoms with Crippen molar-refractivity contribution in [1.29, 1.82) is 0 Å². The summed E-state index contributed by atoms with van der Waals surface area (Å²) >= 11 is 0. The summed E-state index contributed by atoms with van der Waals surface area (Å²) in [5.41, 5.74) is 2.65. The van der Waals surface area contributed by atoms with E-state index in [1.54, 1.807) is 17.0 Å². The molecule has 2 aromatic carbocycles. The number of fused-ring (bicyclic) bond motifs is 1. The molecule has 27 heavy (non-hydrogen) atoms. The maximum Gasteiger partial charge on any atom is 0.289 e. The lowest BCUT2D eigenvalue weighted by molar-refractivity contribution is 0.0659. The van der Waals surface area contributed by atoms with E-state index in [2.05, 4.69) is 24.3 Å². The smallest absolute Gasteiger partial charge is 0.289 e. The molecule has 0 unspecified atom stereocenters. The number of piperidine rings is 1. The first kappa shape index (κ1) is 17.5. The van der Waals surface area contributed by atoms with E-state index in [1.807, 2.05) is 19.1 Å².